The highest BCUT2D eigenvalue weighted by Crippen LogP contribution is 2.48. The fourth-order valence-electron chi connectivity index (χ4n) is 4.69. The Morgan fingerprint density at radius 2 is 0.786 bits per heavy atom. The van der Waals surface area contributed by atoms with Crippen LogP contribution in [0, 0.1) is 0 Å². The molecule has 0 saturated carbocycles. The van der Waals surface area contributed by atoms with Crippen molar-refractivity contribution in [3.63, 3.8) is 0 Å². The molecule has 0 fully saturated rings. The van der Waals surface area contributed by atoms with Gasteiger partial charge < -0.3 is 18.5 Å². The third-order valence-electron chi connectivity index (χ3n) is 7.05. The number of rotatable bonds is 8. The Hall–Kier alpha value is -2.79. The van der Waals surface area contributed by atoms with Crippen LogP contribution in [0.4, 0.5) is 0 Å². The topological polar surface area (TPSA) is 88.1 Å². The van der Waals surface area contributed by atoms with Crippen molar-refractivity contribution in [3.8, 4) is 11.5 Å². The van der Waals surface area contributed by atoms with Crippen molar-refractivity contribution in [3.05, 3.63) is 57.6 Å². The molecule has 2 rings (SSSR count). The molecule has 0 aromatic heterocycles. The zero-order chi connectivity index (χ0) is 32.4. The van der Waals surface area contributed by atoms with Crippen LogP contribution in [-0.4, -0.2) is 26.2 Å². The molecule has 0 aliphatic rings. The molecular formula is C34H51O7P. The van der Waals surface area contributed by atoms with Crippen LogP contribution in [0.25, 0.3) is 0 Å². The summed E-state index contributed by atoms with van der Waals surface area (Å²) in [4.78, 5) is 24.3. The lowest BCUT2D eigenvalue weighted by Crippen LogP contribution is -2.21. The summed E-state index contributed by atoms with van der Waals surface area (Å²) in [6.07, 6.45) is 0.243. The Morgan fingerprint density at radius 1 is 0.548 bits per heavy atom. The summed E-state index contributed by atoms with van der Waals surface area (Å²) in [6, 6.07) is 7.72. The molecule has 2 aromatic carbocycles. The first-order valence-electron chi connectivity index (χ1n) is 14.4. The van der Waals surface area contributed by atoms with Gasteiger partial charge in [0.15, 0.2) is 0 Å². The highest BCUT2D eigenvalue weighted by atomic mass is 31.1. The summed E-state index contributed by atoms with van der Waals surface area (Å²) in [5.74, 6) is 0.342. The summed E-state index contributed by atoms with van der Waals surface area (Å²) in [6.45, 7) is 24.6. The fraction of sp³-hybridized carbons (Fsp3) is 0.588. The summed E-state index contributed by atoms with van der Waals surface area (Å²) >= 11 is 0. The molecule has 0 atom stereocenters. The van der Waals surface area contributed by atoms with Crippen molar-refractivity contribution in [2.45, 2.75) is 118 Å². The summed E-state index contributed by atoms with van der Waals surface area (Å²) < 4.78 is 36.3. The minimum absolute atomic E-state index is 0.121. The largest absolute Gasteiger partial charge is 0.469 e. The van der Waals surface area contributed by atoms with Crippen LogP contribution in [0.15, 0.2) is 24.3 Å². The molecule has 0 aliphatic carbocycles. The van der Waals surface area contributed by atoms with Gasteiger partial charge >= 0.3 is 20.2 Å². The number of hydrogen-bond donors (Lipinski definition) is 0. The normalized spacial score (nSPS) is 12.7. The summed E-state index contributed by atoms with van der Waals surface area (Å²) in [7, 11) is -0.387. The van der Waals surface area contributed by atoms with Crippen molar-refractivity contribution in [1.82, 2.24) is 0 Å². The molecule has 42 heavy (non-hydrogen) atoms. The monoisotopic (exact) mass is 602 g/mol. The maximum Gasteiger partial charge on any atom is 0.419 e. The van der Waals surface area contributed by atoms with Crippen molar-refractivity contribution < 1.29 is 32.7 Å². The Morgan fingerprint density at radius 3 is 0.976 bits per heavy atom. The molecule has 8 heteroatoms. The molecular weight excluding hydrogens is 551 g/mol. The molecule has 0 amide bonds. The lowest BCUT2D eigenvalue weighted by molar-refractivity contribution is -0.140. The highest BCUT2D eigenvalue weighted by Gasteiger charge is 2.32. The molecule has 0 N–H and O–H groups in total. The van der Waals surface area contributed by atoms with Gasteiger partial charge in [0.05, 0.1) is 27.1 Å². The first-order valence-corrected chi connectivity index (χ1v) is 15.6. The zero-order valence-electron chi connectivity index (χ0n) is 28.1. The minimum Gasteiger partial charge on any atom is -0.469 e. The summed E-state index contributed by atoms with van der Waals surface area (Å²) in [5.41, 5.74) is 3.39. The van der Waals surface area contributed by atoms with Crippen LogP contribution in [0.3, 0.4) is 0 Å². The standard InChI is InChI=1S/C34H51O7P/c1-31(2,3)23-15-21(19-27(35)38-13)16-24(32(4,5)6)29(23)40-42(37)41-30-25(33(7,8)9)17-22(20-28(36)39-14)18-26(30)34(10,11)12/h15-18,42H,19-20H2,1-14H3. The summed E-state index contributed by atoms with van der Waals surface area (Å²) in [5, 5.41) is 0. The van der Waals surface area contributed by atoms with Crippen LogP contribution in [-0.2, 0) is 58.1 Å². The Labute approximate surface area is 253 Å². The maximum absolute atomic E-state index is 13.9. The van der Waals surface area contributed by atoms with Gasteiger partial charge in [-0.2, -0.15) is 0 Å². The van der Waals surface area contributed by atoms with E-state index in [0.717, 1.165) is 33.4 Å². The molecule has 7 nitrogen and oxygen atoms in total. The molecule has 0 heterocycles. The van der Waals surface area contributed by atoms with Crippen molar-refractivity contribution in [2.75, 3.05) is 14.2 Å². The second-order valence-corrected chi connectivity index (χ2v) is 15.9. The van der Waals surface area contributed by atoms with E-state index in [2.05, 4.69) is 83.1 Å². The van der Waals surface area contributed by atoms with Gasteiger partial charge in [-0.1, -0.05) is 107 Å². The second-order valence-electron chi connectivity index (χ2n) is 15.0. The Balaban J connectivity index is 2.74. The number of carbonyl (C=O) groups is 2. The predicted molar refractivity (Wildman–Crippen MR) is 169 cm³/mol. The molecule has 0 bridgehead atoms. The van der Waals surface area contributed by atoms with Gasteiger partial charge in [0, 0.05) is 22.3 Å². The molecule has 0 aliphatic heterocycles. The van der Waals surface area contributed by atoms with Gasteiger partial charge in [-0.15, -0.1) is 0 Å². The lowest BCUT2D eigenvalue weighted by Gasteiger charge is -2.32. The van der Waals surface area contributed by atoms with Gasteiger partial charge in [0.1, 0.15) is 11.5 Å². The SMILES string of the molecule is COC(=O)Cc1cc(C(C)(C)C)c(O[PH](=O)Oc2c(C(C)(C)C)cc(CC(=O)OC)cc2C(C)(C)C)c(C(C)(C)C)c1. The van der Waals surface area contributed by atoms with Crippen LogP contribution in [0.2, 0.25) is 0 Å². The smallest absolute Gasteiger partial charge is 0.419 e. The van der Waals surface area contributed by atoms with Crippen LogP contribution < -0.4 is 9.05 Å². The van der Waals surface area contributed by atoms with Gasteiger partial charge in [0.25, 0.3) is 0 Å². The molecule has 0 saturated heterocycles. The minimum atomic E-state index is -3.13. The van der Waals surface area contributed by atoms with E-state index in [4.69, 9.17) is 18.5 Å². The van der Waals surface area contributed by atoms with E-state index in [1.165, 1.54) is 14.2 Å². The maximum atomic E-state index is 13.9. The van der Waals surface area contributed by atoms with Crippen LogP contribution >= 0.6 is 8.25 Å². The van der Waals surface area contributed by atoms with Crippen molar-refractivity contribution in [1.29, 1.82) is 0 Å². The molecule has 234 valence electrons. The second kappa shape index (κ2) is 12.8. The molecule has 0 radical (unpaired) electrons. The molecule has 0 unspecified atom stereocenters. The van der Waals surface area contributed by atoms with Gasteiger partial charge in [-0.05, 0) is 32.8 Å². The van der Waals surface area contributed by atoms with E-state index in [1.807, 2.05) is 24.3 Å². The van der Waals surface area contributed by atoms with Gasteiger partial charge in [0.2, 0.25) is 0 Å². The predicted octanol–water partition coefficient (Wildman–Crippen LogP) is 8.16. The van der Waals surface area contributed by atoms with E-state index in [1.54, 1.807) is 0 Å². The number of hydrogen-bond acceptors (Lipinski definition) is 7. The molecule has 2 aromatic rings. The van der Waals surface area contributed by atoms with Gasteiger partial charge in [-0.25, -0.2) is 4.57 Å². The van der Waals surface area contributed by atoms with E-state index in [0.29, 0.717) is 11.5 Å². The van der Waals surface area contributed by atoms with Crippen molar-refractivity contribution in [2.24, 2.45) is 0 Å². The third-order valence-corrected chi connectivity index (χ3v) is 7.79. The molecule has 0 spiro atoms. The Bertz CT molecular complexity index is 1160. The van der Waals surface area contributed by atoms with Crippen LogP contribution in [0.1, 0.15) is 116 Å². The van der Waals surface area contributed by atoms with Crippen molar-refractivity contribution >= 4 is 20.2 Å². The first kappa shape index (κ1) is 35.4. The quantitative estimate of drug-likeness (QED) is 0.223. The van der Waals surface area contributed by atoms with E-state index in [-0.39, 0.29) is 46.4 Å². The third kappa shape index (κ3) is 9.10. The lowest BCUT2D eigenvalue weighted by atomic mass is 9.78. The highest BCUT2D eigenvalue weighted by molar-refractivity contribution is 7.34. The number of benzene rings is 2. The Kier molecular flexibility index (Phi) is 10.8. The number of carbonyl (C=O) groups excluding carboxylic acids is 2. The van der Waals surface area contributed by atoms with E-state index >= 15 is 0 Å². The fourth-order valence-corrected chi connectivity index (χ4v) is 5.51. The van der Waals surface area contributed by atoms with Crippen LogP contribution in [0.5, 0.6) is 11.5 Å². The number of ether oxygens (including phenoxy) is 2. The average molecular weight is 603 g/mol. The van der Waals surface area contributed by atoms with E-state index < -0.39 is 8.25 Å². The number of esters is 2. The first-order chi connectivity index (χ1) is 19.0. The zero-order valence-corrected chi connectivity index (χ0v) is 29.1. The average Bonchev–Trinajstić information content (AvgIpc) is 2.82. The van der Waals surface area contributed by atoms with Gasteiger partial charge in [-0.3, -0.25) is 9.59 Å². The van der Waals surface area contributed by atoms with E-state index in [9.17, 15) is 14.2 Å². The number of methoxy groups -OCH3 is 2.